The number of carbonyl (C=O) groups excluding carboxylic acids is 1. The monoisotopic (exact) mass is 327 g/mol. The third-order valence-electron chi connectivity index (χ3n) is 3.85. The van der Waals surface area contributed by atoms with Crippen molar-refractivity contribution in [2.45, 2.75) is 19.9 Å². The maximum absolute atomic E-state index is 12.6. The van der Waals surface area contributed by atoms with Crippen molar-refractivity contribution in [3.63, 3.8) is 0 Å². The molecule has 0 saturated carbocycles. The van der Waals surface area contributed by atoms with Crippen molar-refractivity contribution >= 4 is 23.2 Å². The van der Waals surface area contributed by atoms with Crippen LogP contribution in [0.1, 0.15) is 18.2 Å². The van der Waals surface area contributed by atoms with Crippen LogP contribution in [0.2, 0.25) is 5.02 Å². The minimum atomic E-state index is 0.0979. The van der Waals surface area contributed by atoms with Crippen molar-refractivity contribution in [2.75, 3.05) is 6.54 Å². The molecule has 0 saturated heterocycles. The van der Waals surface area contributed by atoms with Crippen molar-refractivity contribution in [3.05, 3.63) is 71.1 Å². The van der Waals surface area contributed by atoms with Crippen LogP contribution < -0.4 is 0 Å². The summed E-state index contributed by atoms with van der Waals surface area (Å²) in [7, 11) is 0. The number of pyridine rings is 1. The van der Waals surface area contributed by atoms with Crippen LogP contribution in [0.15, 0.2) is 54.9 Å². The summed E-state index contributed by atoms with van der Waals surface area (Å²) >= 11 is 5.88. The summed E-state index contributed by atoms with van der Waals surface area (Å²) in [5, 5.41) is 0.680. The first-order chi connectivity index (χ1) is 11.2. The third kappa shape index (κ3) is 3.54. The number of benzene rings is 1. The molecular weight excluding hydrogens is 310 g/mol. The molecule has 0 bridgehead atoms. The van der Waals surface area contributed by atoms with Crippen molar-refractivity contribution in [2.24, 2.45) is 0 Å². The Labute approximate surface area is 140 Å². The van der Waals surface area contributed by atoms with Crippen LogP contribution in [0.3, 0.4) is 0 Å². The van der Waals surface area contributed by atoms with Gasteiger partial charge in [-0.3, -0.25) is 4.79 Å². The number of carbonyl (C=O) groups is 1. The summed E-state index contributed by atoms with van der Waals surface area (Å²) in [6, 6.07) is 13.3. The average molecular weight is 328 g/mol. The normalized spacial score (nSPS) is 10.9. The lowest BCUT2D eigenvalue weighted by molar-refractivity contribution is -0.130. The Morgan fingerprint density at radius 1 is 1.22 bits per heavy atom. The first-order valence-corrected chi connectivity index (χ1v) is 7.98. The van der Waals surface area contributed by atoms with E-state index >= 15 is 0 Å². The summed E-state index contributed by atoms with van der Waals surface area (Å²) in [6.07, 6.45) is 4.17. The van der Waals surface area contributed by atoms with Gasteiger partial charge in [0.2, 0.25) is 5.91 Å². The molecule has 0 unspecified atom stereocenters. The lowest BCUT2D eigenvalue weighted by atomic mass is 10.1. The van der Waals surface area contributed by atoms with Gasteiger partial charge in [0, 0.05) is 17.8 Å². The molecule has 0 N–H and O–H groups in total. The second kappa shape index (κ2) is 6.84. The van der Waals surface area contributed by atoms with Crippen LogP contribution in [-0.4, -0.2) is 26.7 Å². The Bertz CT molecular complexity index is 811. The lowest BCUT2D eigenvalue weighted by Gasteiger charge is -2.20. The summed E-state index contributed by atoms with van der Waals surface area (Å²) in [5.41, 5.74) is 2.87. The van der Waals surface area contributed by atoms with E-state index in [0.29, 0.717) is 24.5 Å². The van der Waals surface area contributed by atoms with Crippen molar-refractivity contribution in [3.8, 4) is 0 Å². The molecular formula is C18H18ClN3O. The molecule has 0 fully saturated rings. The van der Waals surface area contributed by atoms with Gasteiger partial charge < -0.3 is 9.30 Å². The largest absolute Gasteiger partial charge is 0.337 e. The van der Waals surface area contributed by atoms with Gasteiger partial charge in [0.25, 0.3) is 0 Å². The molecule has 1 amide bonds. The quantitative estimate of drug-likeness (QED) is 0.718. The zero-order valence-electron chi connectivity index (χ0n) is 12.9. The van der Waals surface area contributed by atoms with Crippen molar-refractivity contribution in [1.29, 1.82) is 0 Å². The van der Waals surface area contributed by atoms with Gasteiger partial charge in [0.15, 0.2) is 0 Å². The average Bonchev–Trinajstić information content (AvgIpc) is 2.97. The number of rotatable bonds is 5. The van der Waals surface area contributed by atoms with Crippen LogP contribution in [0.25, 0.3) is 5.65 Å². The fourth-order valence-electron chi connectivity index (χ4n) is 2.56. The number of nitrogens with zero attached hydrogens (tertiary/aromatic N) is 3. The van der Waals surface area contributed by atoms with Crippen LogP contribution in [0.4, 0.5) is 0 Å². The Hall–Kier alpha value is -2.33. The minimum Gasteiger partial charge on any atom is -0.337 e. The highest BCUT2D eigenvalue weighted by atomic mass is 35.5. The Balaban J connectivity index is 1.74. The highest BCUT2D eigenvalue weighted by Crippen LogP contribution is 2.13. The number of likely N-dealkylation sites (N-methyl/N-ethyl adjacent to an activating group) is 1. The number of halogens is 1. The molecule has 4 nitrogen and oxygen atoms in total. The summed E-state index contributed by atoms with van der Waals surface area (Å²) in [4.78, 5) is 18.8. The van der Waals surface area contributed by atoms with E-state index in [0.717, 1.165) is 16.9 Å². The topological polar surface area (TPSA) is 37.6 Å². The summed E-state index contributed by atoms with van der Waals surface area (Å²) in [5.74, 6) is 0.0979. The van der Waals surface area contributed by atoms with Crippen molar-refractivity contribution in [1.82, 2.24) is 14.3 Å². The van der Waals surface area contributed by atoms with E-state index in [-0.39, 0.29) is 5.91 Å². The predicted molar refractivity (Wildman–Crippen MR) is 91.4 cm³/mol. The highest BCUT2D eigenvalue weighted by molar-refractivity contribution is 6.30. The molecule has 5 heteroatoms. The fourth-order valence-corrected chi connectivity index (χ4v) is 2.69. The Kier molecular flexibility index (Phi) is 4.63. The SMILES string of the molecule is CCN(Cc1cnc2ccccn12)C(=O)Cc1ccc(Cl)cc1. The fraction of sp³-hybridized carbons (Fsp3) is 0.222. The van der Waals surface area contributed by atoms with E-state index in [2.05, 4.69) is 4.98 Å². The molecule has 3 rings (SSSR count). The smallest absolute Gasteiger partial charge is 0.227 e. The molecule has 118 valence electrons. The number of amides is 1. The van der Waals surface area contributed by atoms with Crippen LogP contribution in [0, 0.1) is 0 Å². The van der Waals surface area contributed by atoms with E-state index in [9.17, 15) is 4.79 Å². The van der Waals surface area contributed by atoms with Crippen LogP contribution >= 0.6 is 11.6 Å². The van der Waals surface area contributed by atoms with Gasteiger partial charge in [0.05, 0.1) is 24.9 Å². The zero-order valence-corrected chi connectivity index (χ0v) is 13.7. The number of aromatic nitrogens is 2. The van der Waals surface area contributed by atoms with Gasteiger partial charge in [-0.25, -0.2) is 4.98 Å². The Morgan fingerprint density at radius 3 is 2.74 bits per heavy atom. The second-order valence-corrected chi connectivity index (χ2v) is 5.83. The van der Waals surface area contributed by atoms with E-state index in [1.165, 1.54) is 0 Å². The molecule has 2 aromatic heterocycles. The van der Waals surface area contributed by atoms with E-state index < -0.39 is 0 Å². The number of hydrogen-bond donors (Lipinski definition) is 0. The van der Waals surface area contributed by atoms with E-state index in [1.807, 2.05) is 71.1 Å². The molecule has 0 aliphatic rings. The molecule has 1 aromatic carbocycles. The van der Waals surface area contributed by atoms with E-state index in [4.69, 9.17) is 11.6 Å². The molecule has 0 spiro atoms. The zero-order chi connectivity index (χ0) is 16.2. The molecule has 3 aromatic rings. The maximum atomic E-state index is 12.6. The van der Waals surface area contributed by atoms with Gasteiger partial charge in [0.1, 0.15) is 5.65 Å². The van der Waals surface area contributed by atoms with Crippen molar-refractivity contribution < 1.29 is 4.79 Å². The number of hydrogen-bond acceptors (Lipinski definition) is 2. The van der Waals surface area contributed by atoms with Gasteiger partial charge in [-0.2, -0.15) is 0 Å². The standard InChI is InChI=1S/C18H18ClN3O/c1-2-21(18(23)11-14-6-8-15(19)9-7-14)13-16-12-20-17-5-3-4-10-22(16)17/h3-10,12H,2,11,13H2,1H3. The third-order valence-corrected chi connectivity index (χ3v) is 4.10. The second-order valence-electron chi connectivity index (χ2n) is 5.39. The Morgan fingerprint density at radius 2 is 2.00 bits per heavy atom. The molecule has 0 aliphatic heterocycles. The molecule has 23 heavy (non-hydrogen) atoms. The van der Waals surface area contributed by atoms with Crippen LogP contribution in [-0.2, 0) is 17.8 Å². The van der Waals surface area contributed by atoms with Gasteiger partial charge in [-0.15, -0.1) is 0 Å². The van der Waals surface area contributed by atoms with Crippen LogP contribution in [0.5, 0.6) is 0 Å². The molecule has 0 radical (unpaired) electrons. The lowest BCUT2D eigenvalue weighted by Crippen LogP contribution is -2.32. The number of fused-ring (bicyclic) bond motifs is 1. The predicted octanol–water partition coefficient (Wildman–Crippen LogP) is 3.58. The molecule has 2 heterocycles. The summed E-state index contributed by atoms with van der Waals surface area (Å²) in [6.45, 7) is 3.20. The van der Waals surface area contributed by atoms with Gasteiger partial charge >= 0.3 is 0 Å². The molecule has 0 atom stereocenters. The summed E-state index contributed by atoms with van der Waals surface area (Å²) < 4.78 is 2.01. The number of imidazole rings is 1. The first-order valence-electron chi connectivity index (χ1n) is 7.60. The highest BCUT2D eigenvalue weighted by Gasteiger charge is 2.15. The minimum absolute atomic E-state index is 0.0979. The maximum Gasteiger partial charge on any atom is 0.227 e. The van der Waals surface area contributed by atoms with Gasteiger partial charge in [-0.05, 0) is 36.8 Å². The molecule has 0 aliphatic carbocycles. The van der Waals surface area contributed by atoms with E-state index in [1.54, 1.807) is 0 Å². The first kappa shape index (κ1) is 15.6. The van der Waals surface area contributed by atoms with Gasteiger partial charge in [-0.1, -0.05) is 29.8 Å².